The van der Waals surface area contributed by atoms with Crippen molar-refractivity contribution in [3.8, 4) is 17.0 Å². The zero-order valence-corrected chi connectivity index (χ0v) is 17.5. The summed E-state index contributed by atoms with van der Waals surface area (Å²) in [6.45, 7) is 5.91. The van der Waals surface area contributed by atoms with Gasteiger partial charge in [0.15, 0.2) is 0 Å². The van der Waals surface area contributed by atoms with Crippen LogP contribution in [0.25, 0.3) is 11.3 Å². The first-order chi connectivity index (χ1) is 13.6. The predicted octanol–water partition coefficient (Wildman–Crippen LogP) is 5.34. The van der Waals surface area contributed by atoms with Crippen LogP contribution in [0.3, 0.4) is 0 Å². The Labute approximate surface area is 172 Å². The quantitative estimate of drug-likeness (QED) is 0.592. The Kier molecular flexibility index (Phi) is 9.40. The zero-order chi connectivity index (χ0) is 22.2. The highest BCUT2D eigenvalue weighted by molar-refractivity contribution is 6.33. The molecule has 2 rings (SSSR count). The minimum absolute atomic E-state index is 0.0949. The van der Waals surface area contributed by atoms with Crippen molar-refractivity contribution in [3.63, 3.8) is 0 Å². The second-order valence-electron chi connectivity index (χ2n) is 6.45. The Hall–Kier alpha value is -2.31. The maximum atomic E-state index is 12.8. The van der Waals surface area contributed by atoms with Gasteiger partial charge in [-0.05, 0) is 37.0 Å². The molecule has 1 atom stereocenters. The van der Waals surface area contributed by atoms with Crippen molar-refractivity contribution >= 4 is 17.8 Å². The van der Waals surface area contributed by atoms with Gasteiger partial charge in [0.1, 0.15) is 5.75 Å². The van der Waals surface area contributed by atoms with Crippen LogP contribution >= 0.6 is 11.6 Å². The van der Waals surface area contributed by atoms with Crippen molar-refractivity contribution in [1.29, 1.82) is 0 Å². The molecule has 0 N–H and O–H groups in total. The Morgan fingerprint density at radius 3 is 2.38 bits per heavy atom. The summed E-state index contributed by atoms with van der Waals surface area (Å²) in [5.74, 6) is -0.919. The normalized spacial score (nSPS) is 12.0. The van der Waals surface area contributed by atoms with Crippen molar-refractivity contribution < 1.29 is 27.5 Å². The molecular formula is C20H24ClF3N2O3. The molecule has 160 valence electrons. The second-order valence-corrected chi connectivity index (χ2v) is 6.83. The molecule has 0 amide bonds. The lowest BCUT2D eigenvalue weighted by atomic mass is 9.98. The number of hydrogen-bond donors (Lipinski definition) is 0. The fourth-order valence-corrected chi connectivity index (χ4v) is 3.24. The van der Waals surface area contributed by atoms with Gasteiger partial charge < -0.3 is 4.74 Å². The lowest BCUT2D eigenvalue weighted by Gasteiger charge is -2.17. The van der Waals surface area contributed by atoms with Gasteiger partial charge in [0, 0.05) is 12.1 Å². The molecule has 0 bridgehead atoms. The fraction of sp³-hybridized carbons (Fsp3) is 0.500. The van der Waals surface area contributed by atoms with E-state index in [9.17, 15) is 13.2 Å². The van der Waals surface area contributed by atoms with E-state index in [0.717, 1.165) is 23.4 Å². The number of nitrogens with zero attached hydrogens (tertiary/aromatic N) is 2. The fourth-order valence-electron chi connectivity index (χ4n) is 2.87. The number of hydrogen-bond acceptors (Lipinski definition) is 4. The maximum absolute atomic E-state index is 12.8. The maximum Gasteiger partial charge on any atom is 0.391 e. The Morgan fingerprint density at radius 1 is 1.28 bits per heavy atom. The molecule has 0 spiro atoms. The van der Waals surface area contributed by atoms with E-state index in [4.69, 9.17) is 25.9 Å². The summed E-state index contributed by atoms with van der Waals surface area (Å²) in [7, 11) is 1.50. The molecule has 0 radical (unpaired) electrons. The van der Waals surface area contributed by atoms with Crippen LogP contribution < -0.4 is 4.74 Å². The van der Waals surface area contributed by atoms with Gasteiger partial charge >= 0.3 is 12.3 Å². The molecule has 0 saturated heterocycles. The first kappa shape index (κ1) is 24.7. The van der Waals surface area contributed by atoms with E-state index in [1.54, 1.807) is 18.2 Å². The van der Waals surface area contributed by atoms with Crippen molar-refractivity contribution in [3.05, 3.63) is 34.5 Å². The summed E-state index contributed by atoms with van der Waals surface area (Å²) in [6.07, 6.45) is -2.48. The summed E-state index contributed by atoms with van der Waals surface area (Å²) in [6, 6.07) is 5.12. The summed E-state index contributed by atoms with van der Waals surface area (Å²) >= 11 is 6.53. The van der Waals surface area contributed by atoms with Gasteiger partial charge in [0.25, 0.3) is 0 Å². The van der Waals surface area contributed by atoms with Gasteiger partial charge in [0.2, 0.25) is 0 Å². The largest absolute Gasteiger partial charge is 0.496 e. The number of halogens is 4. The number of rotatable bonds is 7. The van der Waals surface area contributed by atoms with Crippen LogP contribution in [0.5, 0.6) is 5.75 Å². The predicted molar refractivity (Wildman–Crippen MR) is 103 cm³/mol. The Bertz CT molecular complexity index is 844. The number of methoxy groups -OCH3 is 1. The van der Waals surface area contributed by atoms with Gasteiger partial charge in [-0.1, -0.05) is 38.4 Å². The molecule has 0 aliphatic carbocycles. The number of carbonyl (C=O) groups excluding carboxylic acids is 2. The molecule has 0 aliphatic heterocycles. The molecule has 29 heavy (non-hydrogen) atoms. The molecule has 2 aromatic rings. The molecular weight excluding hydrogens is 409 g/mol. The van der Waals surface area contributed by atoms with Gasteiger partial charge in [-0.2, -0.15) is 27.9 Å². The van der Waals surface area contributed by atoms with Crippen molar-refractivity contribution in [2.45, 2.75) is 52.8 Å². The van der Waals surface area contributed by atoms with Gasteiger partial charge in [-0.15, -0.1) is 0 Å². The molecule has 9 heteroatoms. The van der Waals surface area contributed by atoms with Crippen molar-refractivity contribution in [1.82, 2.24) is 9.78 Å². The van der Waals surface area contributed by atoms with Crippen molar-refractivity contribution in [2.24, 2.45) is 5.92 Å². The van der Waals surface area contributed by atoms with E-state index in [2.05, 4.69) is 5.10 Å². The zero-order valence-electron chi connectivity index (χ0n) is 16.8. The van der Waals surface area contributed by atoms with Gasteiger partial charge in [0.05, 0.1) is 29.4 Å². The third-order valence-corrected chi connectivity index (χ3v) is 4.75. The summed E-state index contributed by atoms with van der Waals surface area (Å²) < 4.78 is 45.8. The minimum atomic E-state index is -4.22. The van der Waals surface area contributed by atoms with E-state index >= 15 is 0 Å². The average molecular weight is 433 g/mol. The molecule has 1 aromatic heterocycles. The molecule has 1 aromatic carbocycles. The smallest absolute Gasteiger partial charge is 0.391 e. The number of aryl methyl sites for hydroxylation is 2. The van der Waals surface area contributed by atoms with Crippen LogP contribution in [0.2, 0.25) is 5.02 Å². The van der Waals surface area contributed by atoms with Crippen molar-refractivity contribution in [2.75, 3.05) is 7.11 Å². The first-order valence-corrected chi connectivity index (χ1v) is 9.50. The molecule has 0 unspecified atom stereocenters. The lowest BCUT2D eigenvalue weighted by molar-refractivity contribution is -0.191. The summed E-state index contributed by atoms with van der Waals surface area (Å²) in [5, 5.41) is 5.12. The summed E-state index contributed by atoms with van der Waals surface area (Å²) in [4.78, 5) is 16.2. The van der Waals surface area contributed by atoms with Crippen LogP contribution in [0, 0.1) is 5.92 Å². The van der Waals surface area contributed by atoms with E-state index < -0.39 is 12.1 Å². The monoisotopic (exact) mass is 432 g/mol. The van der Waals surface area contributed by atoms with Crippen LogP contribution in [-0.4, -0.2) is 29.2 Å². The molecule has 1 heterocycles. The van der Waals surface area contributed by atoms with Crippen LogP contribution in [0.1, 0.15) is 38.4 Å². The van der Waals surface area contributed by atoms with Crippen LogP contribution in [0.4, 0.5) is 13.2 Å². The molecule has 0 aliphatic rings. The van der Waals surface area contributed by atoms with Crippen LogP contribution in [-0.2, 0) is 29.0 Å². The minimum Gasteiger partial charge on any atom is -0.496 e. The number of ether oxygens (including phenoxy) is 1. The number of aromatic nitrogens is 2. The SMILES string of the molecule is CCCn1nc(CC)c(Cl)c1-c1ccc(C[C@@H](C)C(F)(F)F)cc1OC.O=C=O. The van der Waals surface area contributed by atoms with E-state index in [0.29, 0.717) is 29.3 Å². The highest BCUT2D eigenvalue weighted by Gasteiger charge is 2.35. The third-order valence-electron chi connectivity index (χ3n) is 4.35. The second kappa shape index (κ2) is 11.0. The van der Waals surface area contributed by atoms with Gasteiger partial charge in [-0.3, -0.25) is 4.68 Å². The van der Waals surface area contributed by atoms with Crippen LogP contribution in [0.15, 0.2) is 18.2 Å². The highest BCUT2D eigenvalue weighted by Crippen LogP contribution is 2.38. The topological polar surface area (TPSA) is 61.2 Å². The van der Waals surface area contributed by atoms with Gasteiger partial charge in [-0.25, -0.2) is 0 Å². The van der Waals surface area contributed by atoms with E-state index in [1.807, 2.05) is 18.5 Å². The number of alkyl halides is 3. The molecule has 5 nitrogen and oxygen atoms in total. The standard InChI is InChI=1S/C19H24ClF3N2O.CO2/c1-5-9-25-18(17(20)15(6-2)24-25)14-8-7-13(11-16(14)26-4)10-12(3)19(21,22)23;2-1-3/h7-8,11-12H,5-6,9-10H2,1-4H3;/t12-;/m1./s1. The first-order valence-electron chi connectivity index (χ1n) is 9.12. The number of benzene rings is 1. The Balaban J connectivity index is 0.00000132. The van der Waals surface area contributed by atoms with E-state index in [-0.39, 0.29) is 12.6 Å². The molecule has 0 saturated carbocycles. The molecule has 0 fully saturated rings. The third kappa shape index (κ3) is 6.34. The summed E-state index contributed by atoms with van der Waals surface area (Å²) in [5.41, 5.74) is 2.86. The lowest BCUT2D eigenvalue weighted by Crippen LogP contribution is -2.21. The Morgan fingerprint density at radius 2 is 1.90 bits per heavy atom. The highest BCUT2D eigenvalue weighted by atomic mass is 35.5. The average Bonchev–Trinajstić information content (AvgIpc) is 2.97. The van der Waals surface area contributed by atoms with E-state index in [1.165, 1.54) is 14.0 Å².